The molecule has 0 saturated carbocycles. The van der Waals surface area contributed by atoms with Crippen LogP contribution in [0.5, 0.6) is 0 Å². The fourth-order valence-corrected chi connectivity index (χ4v) is 1.75. The summed E-state index contributed by atoms with van der Waals surface area (Å²) < 4.78 is 10.5. The van der Waals surface area contributed by atoms with Crippen molar-refractivity contribution in [1.29, 1.82) is 0 Å². The molecule has 3 rings (SSSR count). The number of hydrogen-bond donors (Lipinski definition) is 1. The molecule has 3 aromatic heterocycles. The Kier molecular flexibility index (Phi) is 3.52. The van der Waals surface area contributed by atoms with Crippen LogP contribution in [0.2, 0.25) is 0 Å². The highest BCUT2D eigenvalue weighted by molar-refractivity contribution is 5.93. The maximum Gasteiger partial charge on any atom is 0.257 e. The molecule has 0 aliphatic heterocycles. The minimum absolute atomic E-state index is 0.0381. The van der Waals surface area contributed by atoms with Crippen molar-refractivity contribution in [3.05, 3.63) is 53.0 Å². The number of hydrogen-bond acceptors (Lipinski definition) is 7. The van der Waals surface area contributed by atoms with E-state index in [0.29, 0.717) is 16.2 Å². The lowest BCUT2D eigenvalue weighted by atomic mass is 10.3. The van der Waals surface area contributed by atoms with Crippen LogP contribution in [-0.2, 0) is 6.54 Å². The number of aromatic nitrogens is 4. The molecule has 1 amide bonds. The first-order valence-electron chi connectivity index (χ1n) is 6.35. The van der Waals surface area contributed by atoms with Gasteiger partial charge in [0.2, 0.25) is 11.7 Å². The predicted octanol–water partition coefficient (Wildman–Crippen LogP) is 0.596. The van der Waals surface area contributed by atoms with E-state index in [9.17, 15) is 10.0 Å². The quantitative estimate of drug-likeness (QED) is 0.553. The zero-order valence-electron chi connectivity index (χ0n) is 11.5. The molecule has 1 N–H and O–H groups in total. The number of nitrogens with one attached hydrogen (secondary N) is 1. The van der Waals surface area contributed by atoms with Crippen LogP contribution in [0.15, 0.2) is 39.6 Å². The highest BCUT2D eigenvalue weighted by Gasteiger charge is 2.14. The van der Waals surface area contributed by atoms with Crippen molar-refractivity contribution in [2.75, 3.05) is 0 Å². The summed E-state index contributed by atoms with van der Waals surface area (Å²) in [4.78, 5) is 16.0. The molecule has 0 bridgehead atoms. The van der Waals surface area contributed by atoms with Crippen LogP contribution < -0.4 is 10.0 Å². The van der Waals surface area contributed by atoms with E-state index in [1.165, 1.54) is 24.5 Å². The second-order valence-corrected chi connectivity index (χ2v) is 4.47. The van der Waals surface area contributed by atoms with Crippen LogP contribution in [-0.4, -0.2) is 21.2 Å². The molecule has 3 aromatic rings. The van der Waals surface area contributed by atoms with E-state index in [1.54, 1.807) is 13.0 Å². The summed E-state index contributed by atoms with van der Waals surface area (Å²) in [6.45, 7) is 1.79. The summed E-state index contributed by atoms with van der Waals surface area (Å²) in [6, 6.07) is 4.69. The molecule has 9 heteroatoms. The third kappa shape index (κ3) is 2.92. The third-order valence-corrected chi connectivity index (χ3v) is 2.76. The fourth-order valence-electron chi connectivity index (χ4n) is 1.75. The topological polar surface area (TPSA) is 121 Å². The van der Waals surface area contributed by atoms with Gasteiger partial charge in [-0.2, -0.15) is 9.71 Å². The molecule has 0 aromatic carbocycles. The Labute approximate surface area is 124 Å². The number of carbonyl (C=O) groups is 1. The zero-order valence-corrected chi connectivity index (χ0v) is 11.5. The average molecular weight is 301 g/mol. The van der Waals surface area contributed by atoms with Crippen LogP contribution >= 0.6 is 0 Å². The molecule has 9 nitrogen and oxygen atoms in total. The number of nitrogens with zero attached hydrogens (tertiary/aromatic N) is 4. The van der Waals surface area contributed by atoms with Crippen LogP contribution in [0.3, 0.4) is 0 Å². The van der Waals surface area contributed by atoms with Crippen molar-refractivity contribution in [2.45, 2.75) is 13.5 Å². The van der Waals surface area contributed by atoms with Gasteiger partial charge in [-0.15, -0.1) is 0 Å². The lowest BCUT2D eigenvalue weighted by molar-refractivity contribution is -0.605. The van der Waals surface area contributed by atoms with E-state index in [1.807, 2.05) is 0 Å². The zero-order chi connectivity index (χ0) is 15.5. The van der Waals surface area contributed by atoms with Crippen molar-refractivity contribution in [3.8, 4) is 11.5 Å². The number of amides is 1. The van der Waals surface area contributed by atoms with Crippen molar-refractivity contribution < 1.29 is 18.6 Å². The van der Waals surface area contributed by atoms with Gasteiger partial charge >= 0.3 is 0 Å². The first-order valence-corrected chi connectivity index (χ1v) is 6.35. The van der Waals surface area contributed by atoms with Gasteiger partial charge in [-0.05, 0) is 13.0 Å². The summed E-state index contributed by atoms with van der Waals surface area (Å²) in [5.41, 5.74) is 0.693. The number of aryl methyl sites for hydroxylation is 1. The second-order valence-electron chi connectivity index (χ2n) is 4.47. The number of rotatable bonds is 4. The van der Waals surface area contributed by atoms with E-state index in [2.05, 4.69) is 20.6 Å². The molecule has 0 aliphatic carbocycles. The first kappa shape index (κ1) is 13.7. The molecule has 0 fully saturated rings. The van der Waals surface area contributed by atoms with Crippen molar-refractivity contribution in [3.63, 3.8) is 0 Å². The Balaban J connectivity index is 1.65. The molecule has 0 unspecified atom stereocenters. The highest BCUT2D eigenvalue weighted by Crippen LogP contribution is 2.15. The SMILES string of the molecule is Cc1cc(-c2noc(CNC(=O)c3ccc[n+]([O-])c3)n2)no1. The molecular weight excluding hydrogens is 290 g/mol. The highest BCUT2D eigenvalue weighted by atomic mass is 16.5. The molecule has 0 spiro atoms. The van der Waals surface area contributed by atoms with Crippen LogP contribution in [0, 0.1) is 12.1 Å². The monoisotopic (exact) mass is 301 g/mol. The van der Waals surface area contributed by atoms with E-state index in [-0.39, 0.29) is 23.8 Å². The molecule has 22 heavy (non-hydrogen) atoms. The molecule has 112 valence electrons. The van der Waals surface area contributed by atoms with Gasteiger partial charge in [0.1, 0.15) is 11.3 Å². The largest absolute Gasteiger partial charge is 0.619 e. The van der Waals surface area contributed by atoms with Gasteiger partial charge in [-0.3, -0.25) is 4.79 Å². The maximum atomic E-state index is 11.9. The summed E-state index contributed by atoms with van der Waals surface area (Å²) in [7, 11) is 0. The summed E-state index contributed by atoms with van der Waals surface area (Å²) in [5.74, 6) is 0.708. The third-order valence-electron chi connectivity index (χ3n) is 2.76. The Morgan fingerprint density at radius 2 is 2.27 bits per heavy atom. The summed E-state index contributed by atoms with van der Waals surface area (Å²) >= 11 is 0. The predicted molar refractivity (Wildman–Crippen MR) is 71.1 cm³/mol. The lowest BCUT2D eigenvalue weighted by Gasteiger charge is -2.01. The second kappa shape index (κ2) is 5.64. The van der Waals surface area contributed by atoms with Gasteiger partial charge in [-0.25, -0.2) is 0 Å². The van der Waals surface area contributed by atoms with E-state index in [0.717, 1.165) is 0 Å². The Hall–Kier alpha value is -3.23. The first-order chi connectivity index (χ1) is 10.6. The summed E-state index contributed by atoms with van der Waals surface area (Å²) in [5, 5.41) is 21.2. The summed E-state index contributed by atoms with van der Waals surface area (Å²) in [6.07, 6.45) is 2.47. The van der Waals surface area contributed by atoms with E-state index >= 15 is 0 Å². The minimum atomic E-state index is -0.415. The Morgan fingerprint density at radius 1 is 1.41 bits per heavy atom. The normalized spacial score (nSPS) is 10.6. The van der Waals surface area contributed by atoms with Crippen LogP contribution in [0.1, 0.15) is 22.0 Å². The average Bonchev–Trinajstić information content (AvgIpc) is 3.13. The van der Waals surface area contributed by atoms with E-state index < -0.39 is 5.91 Å². The van der Waals surface area contributed by atoms with Gasteiger partial charge in [-0.1, -0.05) is 10.3 Å². The number of carbonyl (C=O) groups excluding carboxylic acids is 1. The lowest BCUT2D eigenvalue weighted by Crippen LogP contribution is -2.29. The van der Waals surface area contributed by atoms with Crippen LogP contribution in [0.25, 0.3) is 11.5 Å². The number of pyridine rings is 1. The van der Waals surface area contributed by atoms with E-state index in [4.69, 9.17) is 9.05 Å². The van der Waals surface area contributed by atoms with Gasteiger partial charge in [0.15, 0.2) is 18.1 Å². The van der Waals surface area contributed by atoms with Crippen molar-refractivity contribution in [1.82, 2.24) is 20.6 Å². The van der Waals surface area contributed by atoms with Gasteiger partial charge in [0, 0.05) is 12.1 Å². The standard InChI is InChI=1S/C13H11N5O4/c1-8-5-10(16-21-8)12-15-11(22-17-12)6-14-13(19)9-3-2-4-18(20)7-9/h2-5,7H,6H2,1H3,(H,14,19). The molecule has 0 atom stereocenters. The maximum absolute atomic E-state index is 11.9. The van der Waals surface area contributed by atoms with Gasteiger partial charge < -0.3 is 19.6 Å². The molecule has 0 saturated heterocycles. The Morgan fingerprint density at radius 3 is 3.00 bits per heavy atom. The van der Waals surface area contributed by atoms with Crippen molar-refractivity contribution in [2.24, 2.45) is 0 Å². The van der Waals surface area contributed by atoms with Gasteiger partial charge in [0.05, 0.1) is 6.54 Å². The molecule has 0 radical (unpaired) electrons. The molecule has 0 aliphatic rings. The molecular formula is C13H11N5O4. The van der Waals surface area contributed by atoms with Crippen molar-refractivity contribution >= 4 is 5.91 Å². The van der Waals surface area contributed by atoms with Gasteiger partial charge in [0.25, 0.3) is 5.91 Å². The minimum Gasteiger partial charge on any atom is -0.619 e. The molecule has 3 heterocycles. The fraction of sp³-hybridized carbons (Fsp3) is 0.154. The van der Waals surface area contributed by atoms with Crippen LogP contribution in [0.4, 0.5) is 0 Å². The Bertz CT molecular complexity index is 810. The smallest absolute Gasteiger partial charge is 0.257 e.